The summed E-state index contributed by atoms with van der Waals surface area (Å²) in [5.74, 6) is -7.75. The molecule has 2 aromatic rings. The van der Waals surface area contributed by atoms with Crippen LogP contribution in [0.25, 0.3) is 0 Å². The zero-order chi connectivity index (χ0) is 15.7. The summed E-state index contributed by atoms with van der Waals surface area (Å²) in [6.45, 7) is 0. The molecule has 0 aliphatic carbocycles. The molecule has 0 atom stereocenters. The van der Waals surface area contributed by atoms with Crippen LogP contribution in [-0.4, -0.2) is 11.0 Å². The molecule has 2 N–H and O–H groups in total. The highest BCUT2D eigenvalue weighted by atomic mass is 35.5. The summed E-state index contributed by atoms with van der Waals surface area (Å²) in [7, 11) is 0. The smallest absolute Gasteiger partial charge is 0.258 e. The number of amides is 1. The molecule has 0 spiro atoms. The van der Waals surface area contributed by atoms with Gasteiger partial charge in [0.05, 0.1) is 16.3 Å². The molecule has 0 heterocycles. The molecule has 0 saturated heterocycles. The van der Waals surface area contributed by atoms with Crippen molar-refractivity contribution in [2.75, 3.05) is 5.32 Å². The number of aromatic hydroxyl groups is 1. The number of carbonyl (C=O) groups is 1. The van der Waals surface area contributed by atoms with E-state index in [1.165, 1.54) is 0 Å². The fraction of sp³-hybridized carbons (Fsp3) is 0. The predicted molar refractivity (Wildman–Crippen MR) is 67.3 cm³/mol. The van der Waals surface area contributed by atoms with E-state index in [4.69, 9.17) is 16.7 Å². The second-order valence-electron chi connectivity index (χ2n) is 3.96. The lowest BCUT2D eigenvalue weighted by Gasteiger charge is -2.09. The number of phenols is 1. The van der Waals surface area contributed by atoms with Gasteiger partial charge in [0, 0.05) is 6.07 Å². The van der Waals surface area contributed by atoms with Crippen LogP contribution in [0.1, 0.15) is 10.4 Å². The minimum atomic E-state index is -1.81. The Balaban J connectivity index is 2.35. The van der Waals surface area contributed by atoms with Gasteiger partial charge in [0.25, 0.3) is 5.91 Å². The minimum absolute atomic E-state index is 0.252. The summed E-state index contributed by atoms with van der Waals surface area (Å²) in [6, 6.07) is 2.80. The van der Waals surface area contributed by atoms with E-state index in [-0.39, 0.29) is 5.02 Å². The van der Waals surface area contributed by atoms with Crippen LogP contribution in [0.5, 0.6) is 5.75 Å². The Morgan fingerprint density at radius 3 is 2.38 bits per heavy atom. The summed E-state index contributed by atoms with van der Waals surface area (Å²) in [6.07, 6.45) is 0. The summed E-state index contributed by atoms with van der Waals surface area (Å²) in [5, 5.41) is 10.8. The maximum absolute atomic E-state index is 13.5. The molecule has 0 aromatic heterocycles. The van der Waals surface area contributed by atoms with Crippen LogP contribution in [-0.2, 0) is 0 Å². The van der Waals surface area contributed by atoms with E-state index in [0.717, 1.165) is 6.07 Å². The van der Waals surface area contributed by atoms with Gasteiger partial charge in [0.15, 0.2) is 23.3 Å². The van der Waals surface area contributed by atoms with Crippen LogP contribution in [0.2, 0.25) is 5.02 Å². The van der Waals surface area contributed by atoms with Crippen molar-refractivity contribution < 1.29 is 27.5 Å². The first-order chi connectivity index (χ1) is 9.81. The Hall–Kier alpha value is -2.28. The topological polar surface area (TPSA) is 49.3 Å². The average molecular weight is 320 g/mol. The first-order valence-electron chi connectivity index (χ1n) is 5.44. The van der Waals surface area contributed by atoms with Gasteiger partial charge in [-0.1, -0.05) is 11.6 Å². The zero-order valence-electron chi connectivity index (χ0n) is 10.1. The predicted octanol–water partition coefficient (Wildman–Crippen LogP) is 3.85. The lowest BCUT2D eigenvalue weighted by molar-refractivity contribution is 0.102. The van der Waals surface area contributed by atoms with Gasteiger partial charge < -0.3 is 10.4 Å². The third-order valence-corrected chi connectivity index (χ3v) is 2.87. The fourth-order valence-corrected chi connectivity index (χ4v) is 1.69. The molecule has 110 valence electrons. The number of hydrogen-bond donors (Lipinski definition) is 2. The molecule has 0 bridgehead atoms. The van der Waals surface area contributed by atoms with E-state index in [0.29, 0.717) is 18.2 Å². The number of nitrogens with one attached hydrogen (secondary N) is 1. The molecule has 0 fully saturated rings. The molecule has 3 nitrogen and oxygen atoms in total. The third-order valence-electron chi connectivity index (χ3n) is 2.56. The lowest BCUT2D eigenvalue weighted by atomic mass is 10.1. The number of rotatable bonds is 2. The van der Waals surface area contributed by atoms with Gasteiger partial charge in [0.2, 0.25) is 0 Å². The zero-order valence-corrected chi connectivity index (χ0v) is 10.8. The Bertz CT molecular complexity index is 737. The quantitative estimate of drug-likeness (QED) is 0.502. The van der Waals surface area contributed by atoms with Crippen molar-refractivity contribution in [3.05, 3.63) is 58.1 Å². The summed E-state index contributed by atoms with van der Waals surface area (Å²) >= 11 is 5.54. The maximum atomic E-state index is 13.5. The van der Waals surface area contributed by atoms with Crippen LogP contribution < -0.4 is 5.32 Å². The van der Waals surface area contributed by atoms with Crippen molar-refractivity contribution in [1.29, 1.82) is 0 Å². The van der Waals surface area contributed by atoms with Gasteiger partial charge in [-0.3, -0.25) is 4.79 Å². The number of benzene rings is 2. The second-order valence-corrected chi connectivity index (χ2v) is 4.37. The van der Waals surface area contributed by atoms with Crippen LogP contribution in [0.15, 0.2) is 24.3 Å². The molecular weight excluding hydrogens is 314 g/mol. The summed E-state index contributed by atoms with van der Waals surface area (Å²) in [4.78, 5) is 11.7. The minimum Gasteiger partial charge on any atom is -0.506 e. The number of hydrogen-bond acceptors (Lipinski definition) is 2. The Labute approximate surface area is 120 Å². The Morgan fingerprint density at radius 1 is 1.05 bits per heavy atom. The van der Waals surface area contributed by atoms with Crippen molar-refractivity contribution >= 4 is 23.2 Å². The van der Waals surface area contributed by atoms with Gasteiger partial charge >= 0.3 is 0 Å². The highest BCUT2D eigenvalue weighted by molar-refractivity contribution is 6.32. The highest BCUT2D eigenvalue weighted by Gasteiger charge is 2.20. The molecule has 1 amide bonds. The molecule has 0 saturated carbocycles. The van der Waals surface area contributed by atoms with E-state index < -0.39 is 46.2 Å². The first-order valence-corrected chi connectivity index (χ1v) is 5.82. The van der Waals surface area contributed by atoms with Crippen LogP contribution in [0.3, 0.4) is 0 Å². The average Bonchev–Trinajstić information content (AvgIpc) is 2.42. The van der Waals surface area contributed by atoms with Crippen molar-refractivity contribution in [3.63, 3.8) is 0 Å². The van der Waals surface area contributed by atoms with Crippen molar-refractivity contribution in [1.82, 2.24) is 0 Å². The van der Waals surface area contributed by atoms with E-state index in [1.54, 1.807) is 0 Å². The van der Waals surface area contributed by atoms with Crippen molar-refractivity contribution in [2.45, 2.75) is 0 Å². The van der Waals surface area contributed by atoms with Gasteiger partial charge in [-0.05, 0) is 18.2 Å². The molecule has 0 aliphatic heterocycles. The van der Waals surface area contributed by atoms with Crippen molar-refractivity contribution in [3.8, 4) is 5.75 Å². The normalized spacial score (nSPS) is 10.5. The molecule has 2 aromatic carbocycles. The van der Waals surface area contributed by atoms with Crippen LogP contribution in [0.4, 0.5) is 23.2 Å². The second kappa shape index (κ2) is 5.61. The molecule has 2 rings (SSSR count). The van der Waals surface area contributed by atoms with E-state index in [1.807, 2.05) is 5.32 Å². The standard InChI is InChI=1S/C13H6ClF4NO2/c14-6-3-9(8(16)4-10(6)20)19-13(21)5-1-2-7(15)12(18)11(5)17/h1-4,20H,(H,19,21). The first kappa shape index (κ1) is 15.1. The van der Waals surface area contributed by atoms with Crippen LogP contribution in [0, 0.1) is 23.3 Å². The number of phenolic OH excluding ortho intramolecular Hbond substituents is 1. The largest absolute Gasteiger partial charge is 0.506 e. The molecule has 0 unspecified atom stereocenters. The van der Waals surface area contributed by atoms with Gasteiger partial charge in [-0.15, -0.1) is 0 Å². The molecule has 8 heteroatoms. The molecule has 0 radical (unpaired) electrons. The summed E-state index contributed by atoms with van der Waals surface area (Å²) < 4.78 is 52.7. The number of anilines is 1. The molecule has 0 aliphatic rings. The monoisotopic (exact) mass is 319 g/mol. The Kier molecular flexibility index (Phi) is 4.04. The van der Waals surface area contributed by atoms with E-state index >= 15 is 0 Å². The van der Waals surface area contributed by atoms with E-state index in [9.17, 15) is 22.4 Å². The van der Waals surface area contributed by atoms with Crippen LogP contribution >= 0.6 is 11.6 Å². The maximum Gasteiger partial charge on any atom is 0.258 e. The number of carbonyl (C=O) groups excluding carboxylic acids is 1. The van der Waals surface area contributed by atoms with Gasteiger partial charge in [0.1, 0.15) is 5.75 Å². The fourth-order valence-electron chi connectivity index (χ4n) is 1.52. The van der Waals surface area contributed by atoms with Crippen molar-refractivity contribution in [2.24, 2.45) is 0 Å². The SMILES string of the molecule is O=C(Nc1cc(Cl)c(O)cc1F)c1ccc(F)c(F)c1F. The molecular formula is C13H6ClF4NO2. The summed E-state index contributed by atoms with van der Waals surface area (Å²) in [5.41, 5.74) is -1.26. The van der Waals surface area contributed by atoms with E-state index in [2.05, 4.69) is 0 Å². The Morgan fingerprint density at radius 2 is 1.71 bits per heavy atom. The van der Waals surface area contributed by atoms with Gasteiger partial charge in [-0.25, -0.2) is 17.6 Å². The third kappa shape index (κ3) is 2.92. The number of halogens is 5. The lowest BCUT2D eigenvalue weighted by Crippen LogP contribution is -2.16. The van der Waals surface area contributed by atoms with Gasteiger partial charge in [-0.2, -0.15) is 0 Å². The highest BCUT2D eigenvalue weighted by Crippen LogP contribution is 2.29. The molecule has 21 heavy (non-hydrogen) atoms.